The molecule has 2 fully saturated rings. The van der Waals surface area contributed by atoms with Gasteiger partial charge < -0.3 is 15.4 Å². The summed E-state index contributed by atoms with van der Waals surface area (Å²) in [5.74, 6) is -1.45. The monoisotopic (exact) mass is 324 g/mol. The lowest BCUT2D eigenvalue weighted by atomic mass is 9.57. The number of benzene rings is 1. The van der Waals surface area contributed by atoms with Crippen molar-refractivity contribution in [2.45, 2.75) is 45.4 Å². The second kappa shape index (κ2) is 5.74. The van der Waals surface area contributed by atoms with Crippen LogP contribution in [0.2, 0.25) is 0 Å². The van der Waals surface area contributed by atoms with Crippen molar-refractivity contribution < 1.29 is 18.3 Å². The zero-order valence-electron chi connectivity index (χ0n) is 13.5. The van der Waals surface area contributed by atoms with Gasteiger partial charge in [-0.05, 0) is 31.0 Å². The third-order valence-electron chi connectivity index (χ3n) is 5.18. The number of fused-ring (bicyclic) bond motifs is 1. The number of urea groups is 1. The molecule has 1 aromatic carbocycles. The van der Waals surface area contributed by atoms with Gasteiger partial charge in [-0.15, -0.1) is 0 Å². The van der Waals surface area contributed by atoms with Crippen molar-refractivity contribution in [3.05, 3.63) is 35.4 Å². The average Bonchev–Trinajstić information content (AvgIpc) is 2.94. The van der Waals surface area contributed by atoms with Gasteiger partial charge in [-0.1, -0.05) is 19.9 Å². The van der Waals surface area contributed by atoms with Gasteiger partial charge in [0.15, 0.2) is 11.6 Å². The summed E-state index contributed by atoms with van der Waals surface area (Å²) in [5, 5.41) is 5.79. The smallest absolute Gasteiger partial charge is 0.315 e. The molecule has 1 heterocycles. The number of hydrogen-bond acceptors (Lipinski definition) is 2. The number of nitrogens with one attached hydrogen (secondary N) is 2. The fourth-order valence-electron chi connectivity index (χ4n) is 3.86. The van der Waals surface area contributed by atoms with Crippen LogP contribution < -0.4 is 10.6 Å². The van der Waals surface area contributed by atoms with E-state index in [2.05, 4.69) is 24.5 Å². The average molecular weight is 324 g/mol. The normalized spacial score (nSPS) is 29.3. The van der Waals surface area contributed by atoms with E-state index in [4.69, 9.17) is 4.74 Å². The van der Waals surface area contributed by atoms with E-state index >= 15 is 0 Å². The molecule has 0 aromatic heterocycles. The molecule has 2 N–H and O–H groups in total. The first-order chi connectivity index (χ1) is 10.8. The molecule has 4 atom stereocenters. The van der Waals surface area contributed by atoms with Gasteiger partial charge in [0.05, 0.1) is 12.1 Å². The molecule has 1 aromatic rings. The van der Waals surface area contributed by atoms with Gasteiger partial charge in [-0.25, -0.2) is 13.6 Å². The highest BCUT2D eigenvalue weighted by Gasteiger charge is 2.59. The molecule has 1 saturated carbocycles. The SMILES string of the molecule is C[C@H](NC(=O)N[C@@H]1[C@@H]2CCO[C@H]2C1(C)C)c1ccc(F)c(F)c1. The van der Waals surface area contributed by atoms with E-state index in [9.17, 15) is 13.6 Å². The van der Waals surface area contributed by atoms with Crippen molar-refractivity contribution in [1.29, 1.82) is 0 Å². The van der Waals surface area contributed by atoms with Crippen LogP contribution in [0.4, 0.5) is 13.6 Å². The minimum Gasteiger partial charge on any atom is -0.377 e. The van der Waals surface area contributed by atoms with E-state index in [1.807, 2.05) is 0 Å². The Labute approximate surface area is 134 Å². The highest BCUT2D eigenvalue weighted by Crippen LogP contribution is 2.52. The van der Waals surface area contributed by atoms with E-state index < -0.39 is 17.7 Å². The second-order valence-corrected chi connectivity index (χ2v) is 7.06. The van der Waals surface area contributed by atoms with E-state index in [1.165, 1.54) is 6.07 Å². The lowest BCUT2D eigenvalue weighted by Crippen LogP contribution is -2.67. The molecule has 4 nitrogen and oxygen atoms in total. The van der Waals surface area contributed by atoms with E-state index in [0.29, 0.717) is 11.5 Å². The summed E-state index contributed by atoms with van der Waals surface area (Å²) in [4.78, 5) is 12.2. The van der Waals surface area contributed by atoms with Gasteiger partial charge in [0.25, 0.3) is 0 Å². The molecule has 2 amide bonds. The first-order valence-corrected chi connectivity index (χ1v) is 7.94. The fourth-order valence-corrected chi connectivity index (χ4v) is 3.86. The summed E-state index contributed by atoms with van der Waals surface area (Å²) in [7, 11) is 0. The third-order valence-corrected chi connectivity index (χ3v) is 5.18. The Bertz CT molecular complexity index is 621. The van der Waals surface area contributed by atoms with Gasteiger partial charge in [0.1, 0.15) is 0 Å². The Kier molecular flexibility index (Phi) is 4.04. The summed E-state index contributed by atoms with van der Waals surface area (Å²) in [6.45, 7) is 6.65. The minimum absolute atomic E-state index is 0.0622. The van der Waals surface area contributed by atoms with Crippen molar-refractivity contribution >= 4 is 6.03 Å². The lowest BCUT2D eigenvalue weighted by molar-refractivity contribution is -0.108. The van der Waals surface area contributed by atoms with Gasteiger partial charge >= 0.3 is 6.03 Å². The van der Waals surface area contributed by atoms with Crippen LogP contribution >= 0.6 is 0 Å². The molecule has 6 heteroatoms. The van der Waals surface area contributed by atoms with Crippen molar-refractivity contribution in [3.63, 3.8) is 0 Å². The first-order valence-electron chi connectivity index (χ1n) is 7.94. The standard InChI is InChI=1S/C17H22F2N2O2/c1-9(10-4-5-12(18)13(19)8-10)20-16(22)21-14-11-6-7-23-15(11)17(14,2)3/h4-5,8-9,11,14-15H,6-7H2,1-3H3,(H2,20,21,22)/t9-,11-,14+,15+/m0/s1. The Hall–Kier alpha value is -1.69. The van der Waals surface area contributed by atoms with Gasteiger partial charge in [-0.2, -0.15) is 0 Å². The number of carbonyl (C=O) groups is 1. The van der Waals surface area contributed by atoms with Crippen molar-refractivity contribution in [2.75, 3.05) is 6.61 Å². The van der Waals surface area contributed by atoms with Gasteiger partial charge in [0, 0.05) is 24.0 Å². The van der Waals surface area contributed by atoms with Gasteiger partial charge in [0.2, 0.25) is 0 Å². The Morgan fingerprint density at radius 3 is 2.78 bits per heavy atom. The van der Waals surface area contributed by atoms with Crippen LogP contribution in [-0.2, 0) is 4.74 Å². The largest absolute Gasteiger partial charge is 0.377 e. The number of carbonyl (C=O) groups excluding carboxylic acids is 1. The highest BCUT2D eigenvalue weighted by atomic mass is 19.2. The zero-order chi connectivity index (χ0) is 16.8. The highest BCUT2D eigenvalue weighted by molar-refractivity contribution is 5.75. The van der Waals surface area contributed by atoms with E-state index in [1.54, 1.807) is 6.92 Å². The van der Waals surface area contributed by atoms with Crippen LogP contribution in [0.15, 0.2) is 18.2 Å². The number of halogens is 2. The number of ether oxygens (including phenoxy) is 1. The lowest BCUT2D eigenvalue weighted by Gasteiger charge is -2.54. The van der Waals surface area contributed by atoms with Crippen LogP contribution in [0.1, 0.15) is 38.8 Å². The molecule has 23 heavy (non-hydrogen) atoms. The van der Waals surface area contributed by atoms with Crippen LogP contribution in [0, 0.1) is 23.0 Å². The van der Waals surface area contributed by atoms with Crippen LogP contribution in [0.3, 0.4) is 0 Å². The Morgan fingerprint density at radius 2 is 2.09 bits per heavy atom. The Balaban J connectivity index is 1.60. The maximum Gasteiger partial charge on any atom is 0.315 e. The number of amides is 2. The zero-order valence-corrected chi connectivity index (χ0v) is 13.5. The van der Waals surface area contributed by atoms with Crippen molar-refractivity contribution in [2.24, 2.45) is 11.3 Å². The molecular weight excluding hydrogens is 302 g/mol. The second-order valence-electron chi connectivity index (χ2n) is 7.06. The topological polar surface area (TPSA) is 50.4 Å². The summed E-state index contributed by atoms with van der Waals surface area (Å²) < 4.78 is 32.0. The molecular formula is C17H22F2N2O2. The van der Waals surface area contributed by atoms with E-state index in [0.717, 1.165) is 25.2 Å². The summed E-state index contributed by atoms with van der Waals surface area (Å²) >= 11 is 0. The van der Waals surface area contributed by atoms with Crippen LogP contribution in [-0.4, -0.2) is 24.8 Å². The molecule has 1 aliphatic heterocycles. The molecule has 0 spiro atoms. The predicted molar refractivity (Wildman–Crippen MR) is 81.9 cm³/mol. The third kappa shape index (κ3) is 2.80. The molecule has 126 valence electrons. The number of rotatable bonds is 3. The molecule has 3 rings (SSSR count). The van der Waals surface area contributed by atoms with Crippen molar-refractivity contribution in [3.8, 4) is 0 Å². The van der Waals surface area contributed by atoms with Gasteiger partial charge in [-0.3, -0.25) is 0 Å². The minimum atomic E-state index is -0.914. The predicted octanol–water partition coefficient (Wildman–Crippen LogP) is 3.14. The van der Waals surface area contributed by atoms with Crippen molar-refractivity contribution in [1.82, 2.24) is 10.6 Å². The number of hydrogen-bond donors (Lipinski definition) is 2. The molecule has 0 bridgehead atoms. The summed E-state index contributed by atoms with van der Waals surface area (Å²) in [5.41, 5.74) is 0.429. The molecule has 0 radical (unpaired) electrons. The first kappa shape index (κ1) is 16.2. The maximum absolute atomic E-state index is 13.3. The molecule has 1 saturated heterocycles. The summed E-state index contributed by atoms with van der Waals surface area (Å²) in [6, 6.07) is 2.99. The maximum atomic E-state index is 13.3. The Morgan fingerprint density at radius 1 is 1.35 bits per heavy atom. The van der Waals surface area contributed by atoms with E-state index in [-0.39, 0.29) is 23.6 Å². The molecule has 2 aliphatic rings. The van der Waals surface area contributed by atoms with Crippen LogP contribution in [0.25, 0.3) is 0 Å². The summed E-state index contributed by atoms with van der Waals surface area (Å²) in [6.07, 6.45) is 1.16. The molecule has 1 aliphatic carbocycles. The quantitative estimate of drug-likeness (QED) is 0.897. The fraction of sp³-hybridized carbons (Fsp3) is 0.588. The molecule has 0 unspecified atom stereocenters. The van der Waals surface area contributed by atoms with Crippen LogP contribution in [0.5, 0.6) is 0 Å².